The Morgan fingerprint density at radius 2 is 2.17 bits per heavy atom. The molecule has 1 saturated heterocycles. The van der Waals surface area contributed by atoms with Crippen LogP contribution in [-0.2, 0) is 6.54 Å². The first-order chi connectivity index (χ1) is 8.35. The Morgan fingerprint density at radius 1 is 1.44 bits per heavy atom. The van der Waals surface area contributed by atoms with Crippen LogP contribution in [0, 0.1) is 11.2 Å². The zero-order valence-electron chi connectivity index (χ0n) is 10.9. The van der Waals surface area contributed by atoms with Gasteiger partial charge in [-0.15, -0.1) is 0 Å². The van der Waals surface area contributed by atoms with Gasteiger partial charge in [0, 0.05) is 18.7 Å². The monoisotopic (exact) mass is 266 g/mol. The van der Waals surface area contributed by atoms with Crippen molar-refractivity contribution in [1.82, 2.24) is 4.90 Å². The van der Waals surface area contributed by atoms with Crippen LogP contribution in [0.25, 0.3) is 0 Å². The largest absolute Gasteiger partial charge is 0.389 e. The quantitative estimate of drug-likeness (QED) is 0.853. The number of hydrogen-bond donors (Lipinski definition) is 1. The van der Waals surface area contributed by atoms with Crippen molar-refractivity contribution >= 4 is 17.2 Å². The molecular weight excluding hydrogens is 247 g/mol. The minimum atomic E-state index is -0.270. The van der Waals surface area contributed by atoms with E-state index in [0.29, 0.717) is 11.0 Å². The van der Waals surface area contributed by atoms with Crippen molar-refractivity contribution in [2.24, 2.45) is 11.1 Å². The van der Waals surface area contributed by atoms with Crippen molar-refractivity contribution in [2.75, 3.05) is 13.1 Å². The molecule has 0 atom stereocenters. The Morgan fingerprint density at radius 3 is 2.72 bits per heavy atom. The summed E-state index contributed by atoms with van der Waals surface area (Å²) in [6, 6.07) is 4.84. The van der Waals surface area contributed by atoms with Gasteiger partial charge in [-0.2, -0.15) is 0 Å². The third-order valence-electron chi connectivity index (χ3n) is 3.40. The lowest BCUT2D eigenvalue weighted by Crippen LogP contribution is -2.23. The maximum Gasteiger partial charge on any atom is 0.124 e. The molecule has 1 heterocycles. The van der Waals surface area contributed by atoms with E-state index in [9.17, 15) is 4.39 Å². The highest BCUT2D eigenvalue weighted by molar-refractivity contribution is 7.80. The van der Waals surface area contributed by atoms with Crippen LogP contribution in [0.5, 0.6) is 0 Å². The van der Waals surface area contributed by atoms with Crippen LogP contribution in [0.1, 0.15) is 31.4 Å². The Kier molecular flexibility index (Phi) is 3.69. The zero-order chi connectivity index (χ0) is 13.3. The van der Waals surface area contributed by atoms with Gasteiger partial charge in [0.1, 0.15) is 10.8 Å². The fourth-order valence-electron chi connectivity index (χ4n) is 2.50. The van der Waals surface area contributed by atoms with Crippen molar-refractivity contribution in [2.45, 2.75) is 26.8 Å². The molecule has 0 spiro atoms. The first-order valence-corrected chi connectivity index (χ1v) is 6.58. The predicted molar refractivity (Wildman–Crippen MR) is 76.0 cm³/mol. The van der Waals surface area contributed by atoms with Gasteiger partial charge in [0.2, 0.25) is 0 Å². The molecule has 2 rings (SSSR count). The smallest absolute Gasteiger partial charge is 0.124 e. The van der Waals surface area contributed by atoms with Gasteiger partial charge in [-0.1, -0.05) is 26.1 Å². The van der Waals surface area contributed by atoms with Gasteiger partial charge in [0.15, 0.2) is 0 Å². The van der Waals surface area contributed by atoms with E-state index in [-0.39, 0.29) is 10.8 Å². The van der Waals surface area contributed by atoms with Gasteiger partial charge < -0.3 is 5.73 Å². The van der Waals surface area contributed by atoms with Gasteiger partial charge in [0.25, 0.3) is 0 Å². The summed E-state index contributed by atoms with van der Waals surface area (Å²) in [4.78, 5) is 2.59. The van der Waals surface area contributed by atoms with Gasteiger partial charge in [0.05, 0.1) is 0 Å². The molecule has 0 unspecified atom stereocenters. The second-order valence-electron chi connectivity index (χ2n) is 5.84. The highest BCUT2D eigenvalue weighted by atomic mass is 32.1. The fourth-order valence-corrected chi connectivity index (χ4v) is 2.62. The molecule has 0 amide bonds. The summed E-state index contributed by atoms with van der Waals surface area (Å²) in [5.74, 6) is -0.270. The third kappa shape index (κ3) is 3.27. The topological polar surface area (TPSA) is 29.3 Å². The Hall–Kier alpha value is -1.00. The number of rotatable bonds is 3. The second-order valence-corrected chi connectivity index (χ2v) is 6.28. The Labute approximate surface area is 113 Å². The zero-order valence-corrected chi connectivity index (χ0v) is 11.7. The highest BCUT2D eigenvalue weighted by Gasteiger charge is 2.28. The van der Waals surface area contributed by atoms with Crippen LogP contribution in [-0.4, -0.2) is 23.0 Å². The van der Waals surface area contributed by atoms with Crippen LogP contribution >= 0.6 is 12.2 Å². The van der Waals surface area contributed by atoms with Crippen LogP contribution in [0.3, 0.4) is 0 Å². The first-order valence-electron chi connectivity index (χ1n) is 6.17. The molecule has 1 aromatic rings. The van der Waals surface area contributed by atoms with Crippen LogP contribution in [0.15, 0.2) is 18.2 Å². The number of thiocarbonyl (C=S) groups is 1. The molecule has 1 aromatic carbocycles. The van der Waals surface area contributed by atoms with Gasteiger partial charge in [-0.05, 0) is 42.1 Å². The molecular formula is C14H19FN2S. The number of likely N-dealkylation sites (tertiary alicyclic amines) is 1. The summed E-state index contributed by atoms with van der Waals surface area (Å²) in [6.45, 7) is 7.40. The predicted octanol–water partition coefficient (Wildman–Crippen LogP) is 2.69. The lowest BCUT2D eigenvalue weighted by molar-refractivity contribution is 0.284. The van der Waals surface area contributed by atoms with E-state index in [1.54, 1.807) is 6.07 Å². The minimum Gasteiger partial charge on any atom is -0.389 e. The molecule has 1 aliphatic rings. The third-order valence-corrected chi connectivity index (χ3v) is 3.64. The first kappa shape index (κ1) is 13.4. The summed E-state index contributed by atoms with van der Waals surface area (Å²) in [5.41, 5.74) is 7.46. The van der Waals surface area contributed by atoms with Gasteiger partial charge >= 0.3 is 0 Å². The summed E-state index contributed by atoms with van der Waals surface area (Å²) in [7, 11) is 0. The van der Waals surface area contributed by atoms with Gasteiger partial charge in [-0.25, -0.2) is 4.39 Å². The van der Waals surface area contributed by atoms with E-state index in [1.807, 2.05) is 6.07 Å². The normalized spacial score (nSPS) is 19.1. The van der Waals surface area contributed by atoms with E-state index in [1.165, 1.54) is 12.5 Å². The summed E-state index contributed by atoms with van der Waals surface area (Å²) in [6.07, 6.45) is 1.18. The molecule has 2 N–H and O–H groups in total. The maximum absolute atomic E-state index is 13.5. The van der Waals surface area contributed by atoms with Crippen LogP contribution < -0.4 is 5.73 Å². The van der Waals surface area contributed by atoms with E-state index in [4.69, 9.17) is 18.0 Å². The maximum atomic E-state index is 13.5. The highest BCUT2D eigenvalue weighted by Crippen LogP contribution is 2.29. The lowest BCUT2D eigenvalue weighted by atomic mass is 9.93. The number of halogens is 1. The van der Waals surface area contributed by atoms with E-state index < -0.39 is 0 Å². The molecule has 4 heteroatoms. The minimum absolute atomic E-state index is 0.248. The van der Waals surface area contributed by atoms with Gasteiger partial charge in [-0.3, -0.25) is 4.90 Å². The Bertz CT molecular complexity index is 471. The van der Waals surface area contributed by atoms with Crippen molar-refractivity contribution in [3.63, 3.8) is 0 Å². The molecule has 0 saturated carbocycles. The standard InChI is InChI=1S/C14H19FN2S/c1-14(2)3-4-17(9-14)8-10-5-11(13(16)18)7-12(15)6-10/h5-7H,3-4,8-9H2,1-2H3,(H2,16,18). The number of hydrogen-bond acceptors (Lipinski definition) is 2. The van der Waals surface area contributed by atoms with Crippen molar-refractivity contribution in [3.8, 4) is 0 Å². The molecule has 0 radical (unpaired) electrons. The molecule has 1 fully saturated rings. The lowest BCUT2D eigenvalue weighted by Gasteiger charge is -2.20. The van der Waals surface area contributed by atoms with Crippen LogP contribution in [0.4, 0.5) is 4.39 Å². The average Bonchev–Trinajstić information content (AvgIpc) is 2.57. The summed E-state index contributed by atoms with van der Waals surface area (Å²) >= 11 is 4.90. The second kappa shape index (κ2) is 4.94. The van der Waals surface area contributed by atoms with Crippen molar-refractivity contribution in [3.05, 3.63) is 35.1 Å². The average molecular weight is 266 g/mol. The number of nitrogens with two attached hydrogens (primary N) is 1. The molecule has 2 nitrogen and oxygen atoms in total. The van der Waals surface area contributed by atoms with Crippen LogP contribution in [0.2, 0.25) is 0 Å². The Balaban J connectivity index is 2.12. The van der Waals surface area contributed by atoms with E-state index in [2.05, 4.69) is 18.7 Å². The summed E-state index contributed by atoms with van der Waals surface area (Å²) < 4.78 is 13.5. The molecule has 0 bridgehead atoms. The molecule has 0 aromatic heterocycles. The SMILES string of the molecule is CC1(C)CCN(Cc2cc(F)cc(C(N)=S)c2)C1. The number of nitrogens with zero attached hydrogens (tertiary/aromatic N) is 1. The molecule has 98 valence electrons. The van der Waals surface area contributed by atoms with E-state index in [0.717, 1.165) is 25.2 Å². The fraction of sp³-hybridized carbons (Fsp3) is 0.500. The molecule has 0 aliphatic carbocycles. The van der Waals surface area contributed by atoms with E-state index >= 15 is 0 Å². The number of benzene rings is 1. The molecule has 18 heavy (non-hydrogen) atoms. The van der Waals surface area contributed by atoms with Crippen molar-refractivity contribution in [1.29, 1.82) is 0 Å². The summed E-state index contributed by atoms with van der Waals surface area (Å²) in [5, 5.41) is 0. The molecule has 1 aliphatic heterocycles. The van der Waals surface area contributed by atoms with Crippen molar-refractivity contribution < 1.29 is 4.39 Å².